The molecule has 4 aliphatic rings. The molecule has 0 spiro atoms. The SMILES string of the molecule is NNC(=O)C(=O)Nc1nc(C23CC4CC(CC(C4)C2)C3)cs1. The second-order valence-corrected chi connectivity index (χ2v) is 8.02. The number of nitrogens with one attached hydrogen (secondary N) is 2. The van der Waals surface area contributed by atoms with Crippen molar-refractivity contribution in [2.75, 3.05) is 5.32 Å². The van der Waals surface area contributed by atoms with Gasteiger partial charge < -0.3 is 0 Å². The predicted octanol–water partition coefficient (Wildman–Crippen LogP) is 1.54. The molecule has 1 aromatic rings. The fourth-order valence-electron chi connectivity index (χ4n) is 5.22. The van der Waals surface area contributed by atoms with E-state index in [1.165, 1.54) is 49.9 Å². The molecule has 0 aliphatic heterocycles. The summed E-state index contributed by atoms with van der Waals surface area (Å²) in [6, 6.07) is 0. The van der Waals surface area contributed by atoms with Gasteiger partial charge in [-0.2, -0.15) is 0 Å². The minimum atomic E-state index is -0.855. The Balaban J connectivity index is 1.54. The number of nitrogens with zero attached hydrogens (tertiary/aromatic N) is 1. The fraction of sp³-hybridized carbons (Fsp3) is 0.667. The zero-order valence-electron chi connectivity index (χ0n) is 12.3. The topological polar surface area (TPSA) is 97.1 Å². The zero-order valence-corrected chi connectivity index (χ0v) is 13.1. The van der Waals surface area contributed by atoms with E-state index >= 15 is 0 Å². The number of carbonyl (C=O) groups excluding carboxylic acids is 2. The number of aromatic nitrogens is 1. The Labute approximate surface area is 132 Å². The summed E-state index contributed by atoms with van der Waals surface area (Å²) in [6.07, 6.45) is 7.88. The summed E-state index contributed by atoms with van der Waals surface area (Å²) in [6.45, 7) is 0. The quantitative estimate of drug-likeness (QED) is 0.333. The molecule has 4 bridgehead atoms. The van der Waals surface area contributed by atoms with Gasteiger partial charge in [0.15, 0.2) is 5.13 Å². The van der Waals surface area contributed by atoms with Crippen LogP contribution in [0.4, 0.5) is 5.13 Å². The van der Waals surface area contributed by atoms with Crippen molar-refractivity contribution in [2.45, 2.75) is 43.9 Å². The fourth-order valence-corrected chi connectivity index (χ4v) is 6.05. The Morgan fingerprint density at radius 1 is 1.14 bits per heavy atom. The summed E-state index contributed by atoms with van der Waals surface area (Å²) in [5.41, 5.74) is 3.15. The van der Waals surface area contributed by atoms with Crippen molar-refractivity contribution < 1.29 is 9.59 Å². The van der Waals surface area contributed by atoms with Crippen LogP contribution in [0.1, 0.15) is 44.2 Å². The van der Waals surface area contributed by atoms with Gasteiger partial charge in [0.05, 0.1) is 5.69 Å². The van der Waals surface area contributed by atoms with Crippen molar-refractivity contribution >= 4 is 28.3 Å². The van der Waals surface area contributed by atoms with Crippen LogP contribution in [0.25, 0.3) is 0 Å². The van der Waals surface area contributed by atoms with Crippen LogP contribution in [0, 0.1) is 17.8 Å². The van der Waals surface area contributed by atoms with Gasteiger partial charge in [0, 0.05) is 10.8 Å². The van der Waals surface area contributed by atoms with Crippen LogP contribution < -0.4 is 16.6 Å². The molecule has 22 heavy (non-hydrogen) atoms. The molecule has 0 unspecified atom stereocenters. The van der Waals surface area contributed by atoms with E-state index in [0.717, 1.165) is 23.4 Å². The number of amides is 2. The first-order valence-corrected chi connectivity index (χ1v) is 8.74. The van der Waals surface area contributed by atoms with E-state index in [1.807, 2.05) is 5.43 Å². The molecule has 1 aromatic heterocycles. The average Bonchev–Trinajstić information content (AvgIpc) is 2.94. The Hall–Kier alpha value is -1.47. The van der Waals surface area contributed by atoms with Crippen molar-refractivity contribution in [2.24, 2.45) is 23.6 Å². The van der Waals surface area contributed by atoms with Gasteiger partial charge in [0.2, 0.25) is 0 Å². The van der Waals surface area contributed by atoms with Crippen LogP contribution in [0.5, 0.6) is 0 Å². The van der Waals surface area contributed by atoms with Gasteiger partial charge in [0.25, 0.3) is 0 Å². The Bertz CT molecular complexity index is 592. The number of thiazole rings is 1. The van der Waals surface area contributed by atoms with E-state index in [0.29, 0.717) is 5.13 Å². The first kappa shape index (κ1) is 14.1. The monoisotopic (exact) mass is 320 g/mol. The Morgan fingerprint density at radius 2 is 1.73 bits per heavy atom. The lowest BCUT2D eigenvalue weighted by atomic mass is 9.49. The summed E-state index contributed by atoms with van der Waals surface area (Å²) < 4.78 is 0. The van der Waals surface area contributed by atoms with Crippen LogP contribution in [0.3, 0.4) is 0 Å². The standard InChI is InChI=1S/C15H20N4O2S/c16-19-13(21)12(20)18-14-17-11(7-22-14)15-4-8-1-9(5-15)3-10(2-8)6-15/h7-10H,1-6,16H2,(H,19,21)(H,17,18,20). The molecule has 5 rings (SSSR count). The summed E-state index contributed by atoms with van der Waals surface area (Å²) >= 11 is 1.39. The summed E-state index contributed by atoms with van der Waals surface area (Å²) in [4.78, 5) is 27.4. The van der Waals surface area contributed by atoms with Crippen LogP contribution in [-0.2, 0) is 15.0 Å². The second-order valence-electron chi connectivity index (χ2n) is 7.16. The van der Waals surface area contributed by atoms with Gasteiger partial charge in [-0.1, -0.05) is 0 Å². The minimum Gasteiger partial charge on any atom is -0.294 e. The van der Waals surface area contributed by atoms with Crippen molar-refractivity contribution in [3.8, 4) is 0 Å². The van der Waals surface area contributed by atoms with Crippen molar-refractivity contribution in [3.63, 3.8) is 0 Å². The van der Waals surface area contributed by atoms with Crippen molar-refractivity contribution in [1.82, 2.24) is 10.4 Å². The maximum Gasteiger partial charge on any atom is 0.323 e. The summed E-state index contributed by atoms with van der Waals surface area (Å²) in [5.74, 6) is 5.90. The van der Waals surface area contributed by atoms with Gasteiger partial charge >= 0.3 is 11.8 Å². The highest BCUT2D eigenvalue weighted by molar-refractivity contribution is 7.14. The van der Waals surface area contributed by atoms with Crippen molar-refractivity contribution in [1.29, 1.82) is 0 Å². The molecule has 4 saturated carbocycles. The van der Waals surface area contributed by atoms with E-state index in [-0.39, 0.29) is 5.41 Å². The van der Waals surface area contributed by atoms with E-state index in [9.17, 15) is 9.59 Å². The number of carbonyl (C=O) groups is 2. The van der Waals surface area contributed by atoms with E-state index in [1.54, 1.807) is 0 Å². The number of nitrogens with two attached hydrogens (primary N) is 1. The number of anilines is 1. The molecule has 4 aliphatic carbocycles. The normalized spacial score (nSPS) is 35.4. The lowest BCUT2D eigenvalue weighted by Crippen LogP contribution is -2.48. The first-order valence-electron chi connectivity index (χ1n) is 7.86. The lowest BCUT2D eigenvalue weighted by molar-refractivity contribution is -0.136. The molecule has 0 atom stereocenters. The minimum absolute atomic E-state index is 0.213. The highest BCUT2D eigenvalue weighted by Crippen LogP contribution is 2.60. The van der Waals surface area contributed by atoms with Gasteiger partial charge in [-0.25, -0.2) is 10.8 Å². The molecule has 0 saturated heterocycles. The van der Waals surface area contributed by atoms with Gasteiger partial charge in [0.1, 0.15) is 0 Å². The van der Waals surface area contributed by atoms with E-state index < -0.39 is 11.8 Å². The molecule has 1 heterocycles. The Kier molecular flexibility index (Phi) is 3.23. The summed E-state index contributed by atoms with van der Waals surface area (Å²) in [5, 5.41) is 5.07. The van der Waals surface area contributed by atoms with Crippen LogP contribution >= 0.6 is 11.3 Å². The molecule has 0 aromatic carbocycles. The maximum absolute atomic E-state index is 11.6. The van der Waals surface area contributed by atoms with Crippen molar-refractivity contribution in [3.05, 3.63) is 11.1 Å². The van der Waals surface area contributed by atoms with Crippen LogP contribution in [0.15, 0.2) is 5.38 Å². The third-order valence-corrected chi connectivity index (χ3v) is 6.40. The predicted molar refractivity (Wildman–Crippen MR) is 82.9 cm³/mol. The average molecular weight is 320 g/mol. The van der Waals surface area contributed by atoms with Gasteiger partial charge in [-0.15, -0.1) is 11.3 Å². The largest absolute Gasteiger partial charge is 0.323 e. The molecule has 2 amide bonds. The van der Waals surface area contributed by atoms with E-state index in [4.69, 9.17) is 5.84 Å². The molecular weight excluding hydrogens is 300 g/mol. The summed E-state index contributed by atoms with van der Waals surface area (Å²) in [7, 11) is 0. The smallest absolute Gasteiger partial charge is 0.294 e. The molecule has 4 N–H and O–H groups in total. The van der Waals surface area contributed by atoms with Crippen LogP contribution in [-0.4, -0.2) is 16.8 Å². The highest BCUT2D eigenvalue weighted by atomic mass is 32.1. The number of rotatable bonds is 2. The number of hydrogen-bond acceptors (Lipinski definition) is 5. The highest BCUT2D eigenvalue weighted by Gasteiger charge is 2.52. The number of hydrazine groups is 1. The van der Waals surface area contributed by atoms with Gasteiger partial charge in [-0.05, 0) is 56.3 Å². The molecule has 7 heteroatoms. The molecule has 0 radical (unpaired) electrons. The maximum atomic E-state index is 11.6. The van der Waals surface area contributed by atoms with Crippen LogP contribution in [0.2, 0.25) is 0 Å². The Morgan fingerprint density at radius 3 is 2.27 bits per heavy atom. The third kappa shape index (κ3) is 2.23. The van der Waals surface area contributed by atoms with Gasteiger partial charge in [-0.3, -0.25) is 20.3 Å². The molecule has 118 valence electrons. The first-order chi connectivity index (χ1) is 10.6. The molecule has 4 fully saturated rings. The second kappa shape index (κ2) is 5.03. The zero-order chi connectivity index (χ0) is 15.3. The van der Waals surface area contributed by atoms with E-state index in [2.05, 4.69) is 15.7 Å². The molecular formula is C15H20N4O2S. The third-order valence-electron chi connectivity index (χ3n) is 5.64. The lowest BCUT2D eigenvalue weighted by Gasteiger charge is -2.56. The number of hydrogen-bond donors (Lipinski definition) is 3. The molecule has 6 nitrogen and oxygen atoms in total.